The van der Waals surface area contributed by atoms with Crippen LogP contribution in [0.5, 0.6) is 0 Å². The standard InChI is InChI=1S/C17H32N2O2/c1-5-14-7-6-10-19(13-14)15-8-11-18(12-9-15)16(20)21-17(2,3)4/h14-15H,5-13H2,1-4H3. The van der Waals surface area contributed by atoms with Crippen molar-refractivity contribution in [2.75, 3.05) is 26.2 Å². The van der Waals surface area contributed by atoms with Crippen LogP contribution in [0.4, 0.5) is 4.79 Å². The predicted molar refractivity (Wildman–Crippen MR) is 85.4 cm³/mol. The number of amides is 1. The SMILES string of the molecule is CCC1CCCN(C2CCN(C(=O)OC(C)(C)C)CC2)C1. The van der Waals surface area contributed by atoms with Crippen LogP contribution in [0.1, 0.15) is 59.8 Å². The molecule has 0 bridgehead atoms. The molecule has 0 N–H and O–H groups in total. The van der Waals surface area contributed by atoms with Crippen molar-refractivity contribution < 1.29 is 9.53 Å². The molecule has 1 unspecified atom stereocenters. The molecule has 2 aliphatic rings. The summed E-state index contributed by atoms with van der Waals surface area (Å²) in [7, 11) is 0. The zero-order valence-corrected chi connectivity index (χ0v) is 14.2. The summed E-state index contributed by atoms with van der Waals surface area (Å²) >= 11 is 0. The summed E-state index contributed by atoms with van der Waals surface area (Å²) in [4.78, 5) is 16.6. The third kappa shape index (κ3) is 4.87. The fourth-order valence-electron chi connectivity index (χ4n) is 3.50. The van der Waals surface area contributed by atoms with Crippen molar-refractivity contribution in [2.45, 2.75) is 71.4 Å². The van der Waals surface area contributed by atoms with Crippen LogP contribution in [0.25, 0.3) is 0 Å². The van der Waals surface area contributed by atoms with E-state index in [9.17, 15) is 4.79 Å². The number of likely N-dealkylation sites (tertiary alicyclic amines) is 2. The second-order valence-corrected chi connectivity index (χ2v) is 7.61. The summed E-state index contributed by atoms with van der Waals surface area (Å²) in [5, 5.41) is 0. The smallest absolute Gasteiger partial charge is 0.410 e. The quantitative estimate of drug-likeness (QED) is 0.782. The van der Waals surface area contributed by atoms with E-state index in [0.717, 1.165) is 31.8 Å². The van der Waals surface area contributed by atoms with Gasteiger partial charge in [0.05, 0.1) is 0 Å². The molecule has 0 aromatic carbocycles. The average Bonchev–Trinajstić information content (AvgIpc) is 2.46. The zero-order chi connectivity index (χ0) is 15.5. The minimum atomic E-state index is -0.394. The number of ether oxygens (including phenoxy) is 1. The highest BCUT2D eigenvalue weighted by Crippen LogP contribution is 2.25. The van der Waals surface area contributed by atoms with Crippen molar-refractivity contribution in [2.24, 2.45) is 5.92 Å². The van der Waals surface area contributed by atoms with Crippen LogP contribution < -0.4 is 0 Å². The van der Waals surface area contributed by atoms with Gasteiger partial charge in [-0.05, 0) is 58.9 Å². The Morgan fingerprint density at radius 2 is 1.81 bits per heavy atom. The van der Waals surface area contributed by atoms with Gasteiger partial charge >= 0.3 is 6.09 Å². The molecule has 21 heavy (non-hydrogen) atoms. The summed E-state index contributed by atoms with van der Waals surface area (Å²) in [5.74, 6) is 0.877. The molecule has 0 aromatic rings. The largest absolute Gasteiger partial charge is 0.444 e. The highest BCUT2D eigenvalue weighted by Gasteiger charge is 2.31. The lowest BCUT2D eigenvalue weighted by Gasteiger charge is -2.42. The van der Waals surface area contributed by atoms with Crippen LogP contribution in [-0.2, 0) is 4.74 Å². The van der Waals surface area contributed by atoms with E-state index in [-0.39, 0.29) is 6.09 Å². The van der Waals surface area contributed by atoms with Crippen LogP contribution in [0, 0.1) is 5.92 Å². The number of nitrogens with zero attached hydrogens (tertiary/aromatic N) is 2. The summed E-state index contributed by atoms with van der Waals surface area (Å²) in [6, 6.07) is 0.665. The number of carbonyl (C=O) groups is 1. The molecule has 2 saturated heterocycles. The van der Waals surface area contributed by atoms with Gasteiger partial charge < -0.3 is 9.64 Å². The normalized spacial score (nSPS) is 25.9. The summed E-state index contributed by atoms with van der Waals surface area (Å²) in [6.07, 6.45) is 6.07. The minimum Gasteiger partial charge on any atom is -0.444 e. The van der Waals surface area contributed by atoms with Gasteiger partial charge in [0.15, 0.2) is 0 Å². The van der Waals surface area contributed by atoms with Crippen LogP contribution >= 0.6 is 0 Å². The highest BCUT2D eigenvalue weighted by atomic mass is 16.6. The molecule has 1 atom stereocenters. The van der Waals surface area contributed by atoms with Crippen molar-refractivity contribution in [3.8, 4) is 0 Å². The topological polar surface area (TPSA) is 32.8 Å². The minimum absolute atomic E-state index is 0.147. The van der Waals surface area contributed by atoms with Gasteiger partial charge in [-0.1, -0.05) is 13.3 Å². The molecule has 0 aliphatic carbocycles. The molecule has 2 fully saturated rings. The van der Waals surface area contributed by atoms with Gasteiger partial charge in [0.25, 0.3) is 0 Å². The number of rotatable bonds is 2. The van der Waals surface area contributed by atoms with E-state index in [0.29, 0.717) is 6.04 Å². The molecule has 4 heteroatoms. The maximum Gasteiger partial charge on any atom is 0.410 e. The first-order chi connectivity index (χ1) is 9.89. The first-order valence-corrected chi connectivity index (χ1v) is 8.61. The first kappa shape index (κ1) is 16.6. The Hall–Kier alpha value is -0.770. The first-order valence-electron chi connectivity index (χ1n) is 8.61. The fourth-order valence-corrected chi connectivity index (χ4v) is 3.50. The van der Waals surface area contributed by atoms with Crippen LogP contribution in [0.15, 0.2) is 0 Å². The Kier molecular flexibility index (Phi) is 5.53. The molecule has 4 nitrogen and oxygen atoms in total. The van der Waals surface area contributed by atoms with Gasteiger partial charge in [0.1, 0.15) is 5.60 Å². The number of hydrogen-bond donors (Lipinski definition) is 0. The van der Waals surface area contributed by atoms with Crippen LogP contribution in [0.3, 0.4) is 0 Å². The van der Waals surface area contributed by atoms with Crippen LogP contribution in [0.2, 0.25) is 0 Å². The van der Waals surface area contributed by atoms with Crippen molar-refractivity contribution in [3.05, 3.63) is 0 Å². The van der Waals surface area contributed by atoms with E-state index in [1.165, 1.54) is 32.4 Å². The summed E-state index contributed by atoms with van der Waals surface area (Å²) in [5.41, 5.74) is -0.394. The molecule has 2 aliphatic heterocycles. The Morgan fingerprint density at radius 1 is 1.14 bits per heavy atom. The number of hydrogen-bond acceptors (Lipinski definition) is 3. The van der Waals surface area contributed by atoms with E-state index in [2.05, 4.69) is 11.8 Å². The Labute approximate surface area is 129 Å². The van der Waals surface area contributed by atoms with Gasteiger partial charge in [0, 0.05) is 25.7 Å². The lowest BCUT2D eigenvalue weighted by molar-refractivity contribution is 0.0109. The van der Waals surface area contributed by atoms with Crippen molar-refractivity contribution in [1.29, 1.82) is 0 Å². The molecule has 2 heterocycles. The average molecular weight is 296 g/mol. The van der Waals surface area contributed by atoms with Crippen LogP contribution in [-0.4, -0.2) is 53.7 Å². The molecule has 0 aromatic heterocycles. The molecule has 122 valence electrons. The van der Waals surface area contributed by atoms with E-state index in [1.54, 1.807) is 0 Å². The molecular weight excluding hydrogens is 264 g/mol. The van der Waals surface area contributed by atoms with Gasteiger partial charge in [0.2, 0.25) is 0 Å². The Balaban J connectivity index is 1.79. The fraction of sp³-hybridized carbons (Fsp3) is 0.941. The van der Waals surface area contributed by atoms with E-state index in [4.69, 9.17) is 4.74 Å². The van der Waals surface area contributed by atoms with Crippen molar-refractivity contribution in [3.63, 3.8) is 0 Å². The highest BCUT2D eigenvalue weighted by molar-refractivity contribution is 5.68. The van der Waals surface area contributed by atoms with E-state index in [1.807, 2.05) is 25.7 Å². The van der Waals surface area contributed by atoms with E-state index < -0.39 is 5.60 Å². The molecule has 0 radical (unpaired) electrons. The lowest BCUT2D eigenvalue weighted by atomic mass is 9.92. The van der Waals surface area contributed by atoms with Gasteiger partial charge in [-0.25, -0.2) is 4.79 Å². The molecular formula is C17H32N2O2. The molecule has 0 spiro atoms. The summed E-state index contributed by atoms with van der Waals surface area (Å²) in [6.45, 7) is 12.3. The number of carbonyl (C=O) groups excluding carboxylic acids is 1. The zero-order valence-electron chi connectivity index (χ0n) is 14.2. The molecule has 2 rings (SSSR count). The number of piperidine rings is 2. The van der Waals surface area contributed by atoms with Gasteiger partial charge in [-0.15, -0.1) is 0 Å². The second kappa shape index (κ2) is 6.99. The maximum absolute atomic E-state index is 12.1. The van der Waals surface area contributed by atoms with Gasteiger partial charge in [-0.3, -0.25) is 4.90 Å². The van der Waals surface area contributed by atoms with Gasteiger partial charge in [-0.2, -0.15) is 0 Å². The summed E-state index contributed by atoms with van der Waals surface area (Å²) < 4.78 is 5.47. The molecule has 1 amide bonds. The Bertz CT molecular complexity index is 343. The lowest BCUT2D eigenvalue weighted by Crippen LogP contribution is -2.50. The molecule has 0 saturated carbocycles. The second-order valence-electron chi connectivity index (χ2n) is 7.61. The third-order valence-corrected chi connectivity index (χ3v) is 4.76. The van der Waals surface area contributed by atoms with Crippen molar-refractivity contribution in [1.82, 2.24) is 9.80 Å². The maximum atomic E-state index is 12.1. The third-order valence-electron chi connectivity index (χ3n) is 4.76. The van der Waals surface area contributed by atoms with E-state index >= 15 is 0 Å². The Morgan fingerprint density at radius 3 is 2.38 bits per heavy atom. The predicted octanol–water partition coefficient (Wildman–Crippen LogP) is 3.51. The monoisotopic (exact) mass is 296 g/mol. The van der Waals surface area contributed by atoms with Crippen molar-refractivity contribution >= 4 is 6.09 Å².